The highest BCUT2D eigenvalue weighted by Crippen LogP contribution is 2.30. The van der Waals surface area contributed by atoms with E-state index < -0.39 is 12.0 Å². The molecule has 0 aliphatic rings. The summed E-state index contributed by atoms with van der Waals surface area (Å²) in [7, 11) is 0. The molecule has 3 N–H and O–H groups in total. The fraction of sp³-hybridized carbons (Fsp3) is 0.130. The van der Waals surface area contributed by atoms with Crippen molar-refractivity contribution in [3.05, 3.63) is 96.7 Å². The number of hydrogen-bond donors (Lipinski definition) is 2. The molecule has 1 aromatic heterocycles. The molecule has 0 aliphatic heterocycles. The van der Waals surface area contributed by atoms with Gasteiger partial charge in [-0.15, -0.1) is 13.2 Å². The molecule has 0 bridgehead atoms. The second kappa shape index (κ2) is 8.50. The van der Waals surface area contributed by atoms with Crippen LogP contribution in [-0.4, -0.2) is 20.9 Å². The zero-order valence-electron chi connectivity index (χ0n) is 15.6. The van der Waals surface area contributed by atoms with Gasteiger partial charge < -0.3 is 10.8 Å². The molecule has 3 aromatic rings. The Morgan fingerprint density at radius 3 is 2.25 bits per heavy atom. The van der Waals surface area contributed by atoms with Crippen LogP contribution in [0.3, 0.4) is 0 Å². The molecule has 1 unspecified atom stereocenters. The molecule has 1 atom stereocenters. The summed E-state index contributed by atoms with van der Waals surface area (Å²) in [5.41, 5.74) is 11.0. The minimum atomic E-state index is -1.10. The van der Waals surface area contributed by atoms with E-state index in [9.17, 15) is 9.90 Å². The Labute approximate surface area is 164 Å². The van der Waals surface area contributed by atoms with Crippen LogP contribution in [0.5, 0.6) is 0 Å². The molecular formula is C23H23N3O2. The molecule has 0 fully saturated rings. The van der Waals surface area contributed by atoms with E-state index in [1.54, 1.807) is 12.2 Å². The highest BCUT2D eigenvalue weighted by Gasteiger charge is 2.22. The van der Waals surface area contributed by atoms with Crippen molar-refractivity contribution in [1.82, 2.24) is 9.78 Å². The topological polar surface area (TPSA) is 81.1 Å². The zero-order chi connectivity index (χ0) is 20.1. The lowest BCUT2D eigenvalue weighted by Gasteiger charge is -2.18. The van der Waals surface area contributed by atoms with Crippen LogP contribution in [0, 0.1) is 0 Å². The summed E-state index contributed by atoms with van der Waals surface area (Å²) in [6.45, 7) is 7.59. The number of aliphatic carboxylic acids is 1. The summed E-state index contributed by atoms with van der Waals surface area (Å²) >= 11 is 0. The van der Waals surface area contributed by atoms with E-state index >= 15 is 0 Å². The normalized spacial score (nSPS) is 11.8. The van der Waals surface area contributed by atoms with Crippen molar-refractivity contribution in [3.8, 4) is 16.9 Å². The minimum Gasteiger partial charge on any atom is -0.480 e. The average Bonchev–Trinajstić information content (AvgIpc) is 3.19. The minimum absolute atomic E-state index is 0.522. The molecule has 5 heteroatoms. The summed E-state index contributed by atoms with van der Waals surface area (Å²) in [5, 5.41) is 14.1. The third-order valence-corrected chi connectivity index (χ3v) is 4.56. The smallest absolute Gasteiger partial charge is 0.325 e. The van der Waals surface area contributed by atoms with Crippen LogP contribution in [0.15, 0.2) is 80.0 Å². The molecule has 0 aliphatic carbocycles. The quantitative estimate of drug-likeness (QED) is 0.583. The Morgan fingerprint density at radius 2 is 1.71 bits per heavy atom. The van der Waals surface area contributed by atoms with E-state index in [2.05, 4.69) is 18.3 Å². The van der Waals surface area contributed by atoms with Crippen LogP contribution in [0.2, 0.25) is 0 Å². The molecule has 0 amide bonds. The summed E-state index contributed by atoms with van der Waals surface area (Å²) in [5.74, 6) is -1.06. The molecule has 0 saturated heterocycles. The maximum atomic E-state index is 11.5. The first kappa shape index (κ1) is 19.3. The molecule has 0 radical (unpaired) electrons. The summed E-state index contributed by atoms with van der Waals surface area (Å²) < 4.78 is 1.81. The number of nitrogens with two attached hydrogens (primary N) is 1. The molecule has 0 spiro atoms. The number of para-hydroxylation sites is 1. The van der Waals surface area contributed by atoms with Gasteiger partial charge in [-0.3, -0.25) is 4.79 Å². The zero-order valence-corrected chi connectivity index (χ0v) is 15.6. The van der Waals surface area contributed by atoms with Gasteiger partial charge in [0.15, 0.2) is 0 Å². The number of carboxylic acid groups (broad SMARTS) is 1. The largest absolute Gasteiger partial charge is 0.480 e. The fourth-order valence-corrected chi connectivity index (χ4v) is 3.30. The molecule has 3 rings (SSSR count). The first-order valence-electron chi connectivity index (χ1n) is 9.02. The Balaban J connectivity index is 2.11. The van der Waals surface area contributed by atoms with E-state index in [0.717, 1.165) is 28.1 Å². The van der Waals surface area contributed by atoms with E-state index in [1.807, 2.05) is 59.4 Å². The average molecular weight is 373 g/mol. The number of hydrogen-bond acceptors (Lipinski definition) is 3. The van der Waals surface area contributed by atoms with Gasteiger partial charge >= 0.3 is 5.97 Å². The van der Waals surface area contributed by atoms with Crippen LogP contribution >= 0.6 is 0 Å². The van der Waals surface area contributed by atoms with Gasteiger partial charge in [0.1, 0.15) is 6.04 Å². The number of allylic oxidation sites excluding steroid dienone is 2. The van der Waals surface area contributed by atoms with Crippen molar-refractivity contribution < 1.29 is 9.90 Å². The van der Waals surface area contributed by atoms with Crippen molar-refractivity contribution in [3.63, 3.8) is 0 Å². The monoisotopic (exact) mass is 373 g/mol. The predicted octanol–water partition coefficient (Wildman–Crippen LogP) is 4.08. The highest BCUT2D eigenvalue weighted by atomic mass is 16.4. The third-order valence-electron chi connectivity index (χ3n) is 4.56. The second-order valence-corrected chi connectivity index (χ2v) is 6.49. The lowest BCUT2D eigenvalue weighted by molar-refractivity contribution is -0.138. The van der Waals surface area contributed by atoms with Crippen molar-refractivity contribution in [2.24, 2.45) is 5.73 Å². The van der Waals surface area contributed by atoms with E-state index in [0.29, 0.717) is 18.4 Å². The van der Waals surface area contributed by atoms with Crippen molar-refractivity contribution >= 4 is 5.97 Å². The van der Waals surface area contributed by atoms with Gasteiger partial charge in [0.25, 0.3) is 0 Å². The first-order chi connectivity index (χ1) is 13.5. The maximum Gasteiger partial charge on any atom is 0.325 e. The number of aromatic nitrogens is 2. The molecule has 142 valence electrons. The van der Waals surface area contributed by atoms with Gasteiger partial charge in [-0.05, 0) is 59.9 Å². The van der Waals surface area contributed by atoms with Crippen LogP contribution in [0.1, 0.15) is 22.7 Å². The summed E-state index contributed by atoms with van der Waals surface area (Å²) in [6, 6.07) is 14.6. The predicted molar refractivity (Wildman–Crippen MR) is 111 cm³/mol. The molecule has 5 nitrogen and oxygen atoms in total. The van der Waals surface area contributed by atoms with E-state index in [1.165, 1.54) is 0 Å². The van der Waals surface area contributed by atoms with Crippen LogP contribution in [0.25, 0.3) is 16.9 Å². The molecule has 2 aromatic carbocycles. The molecule has 28 heavy (non-hydrogen) atoms. The highest BCUT2D eigenvalue weighted by molar-refractivity contribution is 5.78. The number of nitrogens with zero attached hydrogens (tertiary/aromatic N) is 2. The summed E-state index contributed by atoms with van der Waals surface area (Å²) in [4.78, 5) is 11.5. The third kappa shape index (κ3) is 3.94. The number of rotatable bonds is 8. The van der Waals surface area contributed by atoms with Gasteiger partial charge in [0.05, 0.1) is 11.4 Å². The number of carbonyl (C=O) groups is 1. The number of carboxylic acids is 1. The van der Waals surface area contributed by atoms with E-state index in [4.69, 9.17) is 5.73 Å². The summed E-state index contributed by atoms with van der Waals surface area (Å²) in [6.07, 6.45) is 6.44. The lowest BCUT2D eigenvalue weighted by atomic mass is 9.89. The Morgan fingerprint density at radius 1 is 1.11 bits per heavy atom. The Hall–Kier alpha value is -3.44. The second-order valence-electron chi connectivity index (χ2n) is 6.49. The van der Waals surface area contributed by atoms with Gasteiger partial charge in [-0.25, -0.2) is 4.68 Å². The Kier molecular flexibility index (Phi) is 5.87. The van der Waals surface area contributed by atoms with Gasteiger partial charge in [0, 0.05) is 11.8 Å². The fourth-order valence-electron chi connectivity index (χ4n) is 3.30. The van der Waals surface area contributed by atoms with Gasteiger partial charge in [0.2, 0.25) is 0 Å². The van der Waals surface area contributed by atoms with Crippen LogP contribution < -0.4 is 5.73 Å². The lowest BCUT2D eigenvalue weighted by Crippen LogP contribution is -2.23. The SMILES string of the molecule is C=CCc1cc(-c2ccn(-c3ccccc3)n2)cc(CC=C)c1C(N)C(=O)O. The van der Waals surface area contributed by atoms with Crippen LogP contribution in [-0.2, 0) is 17.6 Å². The van der Waals surface area contributed by atoms with Crippen molar-refractivity contribution in [2.75, 3.05) is 0 Å². The standard InChI is InChI=1S/C23H23N3O2/c1-3-8-16-14-18(15-17(9-4-2)21(16)22(24)23(27)28)20-12-13-26(25-20)19-10-6-5-7-11-19/h3-7,10-15,22H,1-2,8-9,24H2,(H,27,28). The Bertz CT molecular complexity index is 975. The van der Waals surface area contributed by atoms with Crippen LogP contribution in [0.4, 0.5) is 0 Å². The molecular weight excluding hydrogens is 350 g/mol. The van der Waals surface area contributed by atoms with E-state index in [-0.39, 0.29) is 0 Å². The molecule has 1 heterocycles. The molecule has 0 saturated carbocycles. The van der Waals surface area contributed by atoms with Crippen molar-refractivity contribution in [2.45, 2.75) is 18.9 Å². The first-order valence-corrected chi connectivity index (χ1v) is 9.02. The van der Waals surface area contributed by atoms with Crippen molar-refractivity contribution in [1.29, 1.82) is 0 Å². The van der Waals surface area contributed by atoms with Gasteiger partial charge in [-0.1, -0.05) is 30.4 Å². The maximum absolute atomic E-state index is 11.5. The number of benzene rings is 2. The van der Waals surface area contributed by atoms with Gasteiger partial charge in [-0.2, -0.15) is 5.10 Å².